The molecule has 1 atom stereocenters. The molecule has 1 fully saturated rings. The second-order valence-corrected chi connectivity index (χ2v) is 3.22. The van der Waals surface area contributed by atoms with Crippen LogP contribution in [0.25, 0.3) is 0 Å². The molecule has 1 aliphatic rings. The smallest absolute Gasteiger partial charge is 0.0693 e. The van der Waals surface area contributed by atoms with Crippen LogP contribution >= 0.6 is 0 Å². The van der Waals surface area contributed by atoms with Crippen LogP contribution in [0.3, 0.4) is 0 Å². The zero-order valence-corrected chi connectivity index (χ0v) is 7.11. The normalized spacial score (nSPS) is 25.2. The fourth-order valence-corrected chi connectivity index (χ4v) is 1.68. The number of aromatic nitrogens is 3. The van der Waals surface area contributed by atoms with Crippen molar-refractivity contribution in [1.82, 2.24) is 20.3 Å². The molecule has 1 aromatic heterocycles. The lowest BCUT2D eigenvalue weighted by atomic mass is 10.1. The van der Waals surface area contributed by atoms with E-state index in [4.69, 9.17) is 0 Å². The van der Waals surface area contributed by atoms with Gasteiger partial charge in [0, 0.05) is 6.20 Å². The van der Waals surface area contributed by atoms with E-state index in [9.17, 15) is 0 Å². The molecule has 4 heteroatoms. The molecule has 1 saturated heterocycles. The first-order chi connectivity index (χ1) is 5.97. The Kier molecular flexibility index (Phi) is 2.36. The summed E-state index contributed by atoms with van der Waals surface area (Å²) < 4.78 is 1.98. The molecule has 1 aliphatic heterocycles. The topological polar surface area (TPSA) is 42.7 Å². The van der Waals surface area contributed by atoms with E-state index < -0.39 is 0 Å². The van der Waals surface area contributed by atoms with Gasteiger partial charge in [0.15, 0.2) is 0 Å². The number of hydrogen-bond donors (Lipinski definition) is 1. The van der Waals surface area contributed by atoms with Crippen molar-refractivity contribution < 1.29 is 0 Å². The summed E-state index contributed by atoms with van der Waals surface area (Å²) in [5.74, 6) is 0. The summed E-state index contributed by atoms with van der Waals surface area (Å²) in [5, 5.41) is 11.2. The lowest BCUT2D eigenvalue weighted by molar-refractivity contribution is 0.405. The van der Waals surface area contributed by atoms with E-state index in [0.717, 1.165) is 13.1 Å². The van der Waals surface area contributed by atoms with Crippen molar-refractivity contribution in [1.29, 1.82) is 0 Å². The van der Waals surface area contributed by atoms with Crippen LogP contribution in [0.1, 0.15) is 25.3 Å². The minimum absolute atomic E-state index is 0.558. The Bertz CT molecular complexity index is 211. The first-order valence-electron chi connectivity index (χ1n) is 4.53. The standard InChI is InChI=1S/C8H14N4/c1-2-8(3-5-9-4-1)12-7-6-10-11-12/h6-9H,1-5H2/t8-/m1/s1. The van der Waals surface area contributed by atoms with Gasteiger partial charge in [0.1, 0.15) is 0 Å². The summed E-state index contributed by atoms with van der Waals surface area (Å²) in [6.45, 7) is 2.25. The first kappa shape index (κ1) is 7.73. The van der Waals surface area contributed by atoms with E-state index in [1.165, 1.54) is 19.3 Å². The first-order valence-corrected chi connectivity index (χ1v) is 4.53. The predicted molar refractivity (Wildman–Crippen MR) is 45.8 cm³/mol. The van der Waals surface area contributed by atoms with Crippen LogP contribution in [0.5, 0.6) is 0 Å². The van der Waals surface area contributed by atoms with Gasteiger partial charge in [-0.2, -0.15) is 0 Å². The number of rotatable bonds is 1. The maximum Gasteiger partial charge on any atom is 0.0693 e. The molecule has 0 aromatic carbocycles. The predicted octanol–water partition coefficient (Wildman–Crippen LogP) is 0.593. The average molecular weight is 166 g/mol. The van der Waals surface area contributed by atoms with Crippen molar-refractivity contribution in [2.75, 3.05) is 13.1 Å². The monoisotopic (exact) mass is 166 g/mol. The molecule has 0 spiro atoms. The molecular weight excluding hydrogens is 152 g/mol. The highest BCUT2D eigenvalue weighted by Crippen LogP contribution is 2.17. The van der Waals surface area contributed by atoms with Crippen LogP contribution in [0.15, 0.2) is 12.4 Å². The second-order valence-electron chi connectivity index (χ2n) is 3.22. The summed E-state index contributed by atoms with van der Waals surface area (Å²) in [7, 11) is 0. The Labute approximate surface area is 72.0 Å². The molecule has 0 saturated carbocycles. The van der Waals surface area contributed by atoms with Crippen molar-refractivity contribution in [3.63, 3.8) is 0 Å². The molecular formula is C8H14N4. The summed E-state index contributed by atoms with van der Waals surface area (Å²) in [6.07, 6.45) is 7.33. The largest absolute Gasteiger partial charge is 0.317 e. The third-order valence-corrected chi connectivity index (χ3v) is 2.36. The molecule has 2 heterocycles. The fraction of sp³-hybridized carbons (Fsp3) is 0.750. The van der Waals surface area contributed by atoms with E-state index in [0.29, 0.717) is 6.04 Å². The van der Waals surface area contributed by atoms with E-state index in [-0.39, 0.29) is 0 Å². The van der Waals surface area contributed by atoms with Crippen molar-refractivity contribution in [3.05, 3.63) is 12.4 Å². The summed E-state index contributed by atoms with van der Waals surface area (Å²) in [5.41, 5.74) is 0. The van der Waals surface area contributed by atoms with E-state index in [2.05, 4.69) is 15.6 Å². The summed E-state index contributed by atoms with van der Waals surface area (Å²) in [4.78, 5) is 0. The van der Waals surface area contributed by atoms with E-state index >= 15 is 0 Å². The lowest BCUT2D eigenvalue weighted by Gasteiger charge is -2.12. The Morgan fingerprint density at radius 2 is 2.33 bits per heavy atom. The third kappa shape index (κ3) is 1.64. The van der Waals surface area contributed by atoms with Crippen molar-refractivity contribution in [2.24, 2.45) is 0 Å². The lowest BCUT2D eigenvalue weighted by Crippen LogP contribution is -2.15. The molecule has 0 amide bonds. The molecule has 4 nitrogen and oxygen atoms in total. The molecule has 0 radical (unpaired) electrons. The van der Waals surface area contributed by atoms with Gasteiger partial charge in [-0.1, -0.05) is 5.21 Å². The Balaban J connectivity index is 2.02. The van der Waals surface area contributed by atoms with Crippen LogP contribution < -0.4 is 5.32 Å². The van der Waals surface area contributed by atoms with E-state index in [1.54, 1.807) is 6.20 Å². The second kappa shape index (κ2) is 3.67. The van der Waals surface area contributed by atoms with Crippen LogP contribution in [0.2, 0.25) is 0 Å². The maximum atomic E-state index is 4.02. The molecule has 12 heavy (non-hydrogen) atoms. The molecule has 2 rings (SSSR count). The molecule has 0 bridgehead atoms. The summed E-state index contributed by atoms with van der Waals surface area (Å²) >= 11 is 0. The van der Waals surface area contributed by atoms with Gasteiger partial charge < -0.3 is 5.32 Å². The van der Waals surface area contributed by atoms with Crippen molar-refractivity contribution >= 4 is 0 Å². The summed E-state index contributed by atoms with van der Waals surface area (Å²) in [6, 6.07) is 0.558. The van der Waals surface area contributed by atoms with Gasteiger partial charge in [-0.05, 0) is 32.4 Å². The van der Waals surface area contributed by atoms with Crippen molar-refractivity contribution in [2.45, 2.75) is 25.3 Å². The SMILES string of the molecule is c1cn([C@@H]2CCCNCC2)nn1. The zero-order valence-electron chi connectivity index (χ0n) is 7.11. The van der Waals surface area contributed by atoms with Gasteiger partial charge in [0.05, 0.1) is 12.2 Å². The average Bonchev–Trinajstić information content (AvgIpc) is 2.48. The van der Waals surface area contributed by atoms with Crippen LogP contribution in [-0.2, 0) is 0 Å². The highest BCUT2D eigenvalue weighted by Gasteiger charge is 2.13. The van der Waals surface area contributed by atoms with Gasteiger partial charge in [-0.25, -0.2) is 4.68 Å². The van der Waals surface area contributed by atoms with Crippen LogP contribution in [0.4, 0.5) is 0 Å². The quantitative estimate of drug-likeness (QED) is 0.664. The third-order valence-electron chi connectivity index (χ3n) is 2.36. The molecule has 1 N–H and O–H groups in total. The van der Waals surface area contributed by atoms with Crippen LogP contribution in [0, 0.1) is 0 Å². The van der Waals surface area contributed by atoms with Gasteiger partial charge in [0.2, 0.25) is 0 Å². The number of nitrogens with zero attached hydrogens (tertiary/aromatic N) is 3. The Morgan fingerprint density at radius 3 is 3.17 bits per heavy atom. The fourth-order valence-electron chi connectivity index (χ4n) is 1.68. The van der Waals surface area contributed by atoms with Crippen LogP contribution in [-0.4, -0.2) is 28.1 Å². The Hall–Kier alpha value is -0.900. The van der Waals surface area contributed by atoms with Gasteiger partial charge in [-0.3, -0.25) is 0 Å². The highest BCUT2D eigenvalue weighted by molar-refractivity contribution is 4.75. The van der Waals surface area contributed by atoms with Gasteiger partial charge >= 0.3 is 0 Å². The molecule has 0 aliphatic carbocycles. The molecule has 1 aromatic rings. The molecule has 0 unspecified atom stereocenters. The van der Waals surface area contributed by atoms with Gasteiger partial charge in [0.25, 0.3) is 0 Å². The minimum atomic E-state index is 0.558. The van der Waals surface area contributed by atoms with Gasteiger partial charge in [-0.15, -0.1) is 5.10 Å². The molecule has 66 valence electrons. The number of nitrogens with one attached hydrogen (secondary N) is 1. The number of hydrogen-bond acceptors (Lipinski definition) is 3. The maximum absolute atomic E-state index is 4.02. The minimum Gasteiger partial charge on any atom is -0.317 e. The van der Waals surface area contributed by atoms with E-state index in [1.807, 2.05) is 10.9 Å². The highest BCUT2D eigenvalue weighted by atomic mass is 15.4. The van der Waals surface area contributed by atoms with Crippen molar-refractivity contribution in [3.8, 4) is 0 Å². The zero-order chi connectivity index (χ0) is 8.23. The Morgan fingerprint density at radius 1 is 1.33 bits per heavy atom.